The lowest BCUT2D eigenvalue weighted by molar-refractivity contribution is 0.431. The Bertz CT molecular complexity index is 532. The SMILES string of the molecule is Cc1ccc(CCc2nnc(C(C)C)o2)cc1N. The molecule has 1 heterocycles. The number of rotatable bonds is 4. The van der Waals surface area contributed by atoms with Gasteiger partial charge in [-0.15, -0.1) is 10.2 Å². The summed E-state index contributed by atoms with van der Waals surface area (Å²) in [6, 6.07) is 6.14. The predicted molar refractivity (Wildman–Crippen MR) is 71.4 cm³/mol. The van der Waals surface area contributed by atoms with Gasteiger partial charge in [0.2, 0.25) is 11.8 Å². The summed E-state index contributed by atoms with van der Waals surface area (Å²) in [7, 11) is 0. The molecule has 0 aliphatic heterocycles. The first-order valence-electron chi connectivity index (χ1n) is 6.23. The van der Waals surface area contributed by atoms with Crippen LogP contribution in [0.1, 0.15) is 42.7 Å². The standard InChI is InChI=1S/C14H19N3O/c1-9(2)14-17-16-13(18-14)7-6-11-5-4-10(3)12(15)8-11/h4-5,8-9H,6-7,15H2,1-3H3. The van der Waals surface area contributed by atoms with Crippen LogP contribution in [0, 0.1) is 6.92 Å². The highest BCUT2D eigenvalue weighted by Gasteiger charge is 2.09. The molecule has 4 heteroatoms. The van der Waals surface area contributed by atoms with Crippen molar-refractivity contribution in [3.8, 4) is 0 Å². The van der Waals surface area contributed by atoms with E-state index in [1.165, 1.54) is 5.56 Å². The van der Waals surface area contributed by atoms with E-state index in [9.17, 15) is 0 Å². The van der Waals surface area contributed by atoms with Crippen molar-refractivity contribution in [2.75, 3.05) is 5.73 Å². The van der Waals surface area contributed by atoms with E-state index in [0.717, 1.165) is 24.1 Å². The fourth-order valence-corrected chi connectivity index (χ4v) is 1.70. The zero-order chi connectivity index (χ0) is 13.1. The van der Waals surface area contributed by atoms with Gasteiger partial charge < -0.3 is 10.2 Å². The molecule has 0 saturated carbocycles. The van der Waals surface area contributed by atoms with Crippen molar-refractivity contribution < 1.29 is 4.42 Å². The molecule has 0 aliphatic carbocycles. The molecule has 0 amide bonds. The minimum Gasteiger partial charge on any atom is -0.425 e. The Kier molecular flexibility index (Phi) is 3.65. The van der Waals surface area contributed by atoms with Crippen LogP contribution in [-0.2, 0) is 12.8 Å². The maximum Gasteiger partial charge on any atom is 0.219 e. The van der Waals surface area contributed by atoms with E-state index in [2.05, 4.69) is 16.3 Å². The second kappa shape index (κ2) is 5.21. The molecule has 0 unspecified atom stereocenters. The predicted octanol–water partition coefficient (Wildman–Crippen LogP) is 2.87. The molecule has 18 heavy (non-hydrogen) atoms. The van der Waals surface area contributed by atoms with Gasteiger partial charge in [0, 0.05) is 18.0 Å². The van der Waals surface area contributed by atoms with Gasteiger partial charge in [-0.2, -0.15) is 0 Å². The van der Waals surface area contributed by atoms with E-state index in [0.29, 0.717) is 11.8 Å². The summed E-state index contributed by atoms with van der Waals surface area (Å²) in [6.07, 6.45) is 1.62. The Morgan fingerprint density at radius 1 is 1.22 bits per heavy atom. The molecule has 0 spiro atoms. The Hall–Kier alpha value is -1.84. The van der Waals surface area contributed by atoms with E-state index >= 15 is 0 Å². The van der Waals surface area contributed by atoms with Gasteiger partial charge in [0.05, 0.1) is 0 Å². The smallest absolute Gasteiger partial charge is 0.219 e. The van der Waals surface area contributed by atoms with Crippen LogP contribution in [0.4, 0.5) is 5.69 Å². The van der Waals surface area contributed by atoms with Crippen LogP contribution in [0.2, 0.25) is 0 Å². The Morgan fingerprint density at radius 2 is 2.00 bits per heavy atom. The molecule has 0 saturated heterocycles. The van der Waals surface area contributed by atoms with E-state index in [1.807, 2.05) is 32.9 Å². The van der Waals surface area contributed by atoms with Crippen molar-refractivity contribution in [2.24, 2.45) is 0 Å². The van der Waals surface area contributed by atoms with Crippen molar-refractivity contribution in [2.45, 2.75) is 39.5 Å². The quantitative estimate of drug-likeness (QED) is 0.841. The maximum atomic E-state index is 5.88. The Morgan fingerprint density at radius 3 is 2.61 bits per heavy atom. The van der Waals surface area contributed by atoms with Crippen molar-refractivity contribution in [1.82, 2.24) is 10.2 Å². The molecule has 2 aromatic rings. The third-order valence-corrected chi connectivity index (χ3v) is 2.95. The lowest BCUT2D eigenvalue weighted by Crippen LogP contribution is -1.95. The van der Waals surface area contributed by atoms with Gasteiger partial charge in [0.25, 0.3) is 0 Å². The number of nitrogens with two attached hydrogens (primary N) is 1. The van der Waals surface area contributed by atoms with E-state index in [4.69, 9.17) is 10.2 Å². The molecule has 0 radical (unpaired) electrons. The highest BCUT2D eigenvalue weighted by molar-refractivity contribution is 5.48. The molecular formula is C14H19N3O. The van der Waals surface area contributed by atoms with Gasteiger partial charge >= 0.3 is 0 Å². The first-order valence-corrected chi connectivity index (χ1v) is 6.23. The molecular weight excluding hydrogens is 226 g/mol. The summed E-state index contributed by atoms with van der Waals surface area (Å²) >= 11 is 0. The van der Waals surface area contributed by atoms with Gasteiger partial charge in [-0.3, -0.25) is 0 Å². The van der Waals surface area contributed by atoms with Gasteiger partial charge in [-0.1, -0.05) is 26.0 Å². The minimum absolute atomic E-state index is 0.279. The van der Waals surface area contributed by atoms with Crippen molar-refractivity contribution >= 4 is 5.69 Å². The van der Waals surface area contributed by atoms with Gasteiger partial charge in [-0.05, 0) is 30.5 Å². The first-order chi connectivity index (χ1) is 8.56. The summed E-state index contributed by atoms with van der Waals surface area (Å²) in [4.78, 5) is 0. The summed E-state index contributed by atoms with van der Waals surface area (Å²) in [5, 5.41) is 8.06. The molecule has 2 N–H and O–H groups in total. The Balaban J connectivity index is 2.00. The zero-order valence-electron chi connectivity index (χ0n) is 11.1. The number of nitrogens with zero attached hydrogens (tertiary/aromatic N) is 2. The van der Waals surface area contributed by atoms with Crippen LogP contribution in [0.15, 0.2) is 22.6 Å². The molecule has 96 valence electrons. The maximum absolute atomic E-state index is 5.88. The normalized spacial score (nSPS) is 11.1. The monoisotopic (exact) mass is 245 g/mol. The van der Waals surface area contributed by atoms with Gasteiger partial charge in [0.15, 0.2) is 0 Å². The van der Waals surface area contributed by atoms with Crippen LogP contribution in [0.25, 0.3) is 0 Å². The third-order valence-electron chi connectivity index (χ3n) is 2.95. The minimum atomic E-state index is 0.279. The highest BCUT2D eigenvalue weighted by Crippen LogP contribution is 2.16. The topological polar surface area (TPSA) is 64.9 Å². The summed E-state index contributed by atoms with van der Waals surface area (Å²) in [5.41, 5.74) is 9.02. The summed E-state index contributed by atoms with van der Waals surface area (Å²) < 4.78 is 5.57. The average molecular weight is 245 g/mol. The average Bonchev–Trinajstić information content (AvgIpc) is 2.79. The molecule has 0 atom stereocenters. The second-order valence-electron chi connectivity index (χ2n) is 4.88. The van der Waals surface area contributed by atoms with Crippen LogP contribution in [-0.4, -0.2) is 10.2 Å². The first kappa shape index (κ1) is 12.6. The van der Waals surface area contributed by atoms with Crippen LogP contribution < -0.4 is 5.73 Å². The number of aromatic nitrogens is 2. The largest absolute Gasteiger partial charge is 0.425 e. The van der Waals surface area contributed by atoms with Gasteiger partial charge in [-0.25, -0.2) is 0 Å². The van der Waals surface area contributed by atoms with Crippen LogP contribution in [0.3, 0.4) is 0 Å². The van der Waals surface area contributed by atoms with E-state index < -0.39 is 0 Å². The fraction of sp³-hybridized carbons (Fsp3) is 0.429. The number of aryl methyl sites for hydroxylation is 3. The van der Waals surface area contributed by atoms with Crippen molar-refractivity contribution in [1.29, 1.82) is 0 Å². The van der Waals surface area contributed by atoms with Gasteiger partial charge in [0.1, 0.15) is 0 Å². The zero-order valence-corrected chi connectivity index (χ0v) is 11.1. The van der Waals surface area contributed by atoms with Crippen molar-refractivity contribution in [3.63, 3.8) is 0 Å². The lowest BCUT2D eigenvalue weighted by atomic mass is 10.1. The summed E-state index contributed by atoms with van der Waals surface area (Å²) in [6.45, 7) is 6.09. The number of hydrogen-bond donors (Lipinski definition) is 1. The third kappa shape index (κ3) is 2.88. The molecule has 1 aromatic carbocycles. The molecule has 1 aromatic heterocycles. The van der Waals surface area contributed by atoms with E-state index in [-0.39, 0.29) is 5.92 Å². The highest BCUT2D eigenvalue weighted by atomic mass is 16.4. The molecule has 4 nitrogen and oxygen atoms in total. The second-order valence-corrected chi connectivity index (χ2v) is 4.88. The van der Waals surface area contributed by atoms with Crippen molar-refractivity contribution in [3.05, 3.63) is 41.1 Å². The van der Waals surface area contributed by atoms with Crippen LogP contribution >= 0.6 is 0 Å². The molecule has 0 bridgehead atoms. The molecule has 0 aliphatic rings. The summed E-state index contributed by atoms with van der Waals surface area (Å²) in [5.74, 6) is 1.67. The number of anilines is 1. The fourth-order valence-electron chi connectivity index (χ4n) is 1.70. The molecule has 0 fully saturated rings. The Labute approximate surface area is 107 Å². The number of hydrogen-bond acceptors (Lipinski definition) is 4. The number of nitrogen functional groups attached to an aromatic ring is 1. The lowest BCUT2D eigenvalue weighted by Gasteiger charge is -2.03. The van der Waals surface area contributed by atoms with E-state index in [1.54, 1.807) is 0 Å². The number of benzene rings is 1. The molecule has 2 rings (SSSR count). The van der Waals surface area contributed by atoms with Crippen LogP contribution in [0.5, 0.6) is 0 Å².